The van der Waals surface area contributed by atoms with Crippen molar-refractivity contribution in [1.82, 2.24) is 0 Å². The molecule has 1 aromatic carbocycles. The van der Waals surface area contributed by atoms with Crippen molar-refractivity contribution in [2.45, 2.75) is 38.8 Å². The lowest BCUT2D eigenvalue weighted by Crippen LogP contribution is -2.26. The molecule has 1 aliphatic carbocycles. The molecule has 2 rings (SSSR count). The normalized spacial score (nSPS) is 16.4. The van der Waals surface area contributed by atoms with E-state index in [9.17, 15) is 5.11 Å². The summed E-state index contributed by atoms with van der Waals surface area (Å²) in [7, 11) is 0. The van der Waals surface area contributed by atoms with Gasteiger partial charge in [0.1, 0.15) is 0 Å². The molecule has 1 N–H and O–H groups in total. The maximum Gasteiger partial charge on any atom is 0.0992 e. The van der Waals surface area contributed by atoms with Crippen LogP contribution in [0.1, 0.15) is 43.9 Å². The Morgan fingerprint density at radius 3 is 2.71 bits per heavy atom. The fourth-order valence-electron chi connectivity index (χ4n) is 2.23. The van der Waals surface area contributed by atoms with E-state index in [1.54, 1.807) is 13.0 Å². The molecule has 1 aliphatic rings. The lowest BCUT2D eigenvalue weighted by atomic mass is 10.0. The Hall–Kier alpha value is -1.53. The van der Waals surface area contributed by atoms with Crippen molar-refractivity contribution in [3.05, 3.63) is 29.3 Å². The smallest absolute Gasteiger partial charge is 0.0992 e. The van der Waals surface area contributed by atoms with E-state index in [1.165, 1.54) is 12.8 Å². The van der Waals surface area contributed by atoms with Crippen LogP contribution in [-0.2, 0) is 0 Å². The van der Waals surface area contributed by atoms with Gasteiger partial charge in [-0.05, 0) is 38.8 Å². The van der Waals surface area contributed by atoms with Crippen molar-refractivity contribution in [3.63, 3.8) is 0 Å². The number of hydrogen-bond donors (Lipinski definition) is 1. The second kappa shape index (κ2) is 4.77. The summed E-state index contributed by atoms with van der Waals surface area (Å²) in [4.78, 5) is 2.29. The summed E-state index contributed by atoms with van der Waals surface area (Å²) in [5.41, 5.74) is 2.59. The Balaban J connectivity index is 2.43. The number of nitriles is 1. The molecule has 0 saturated heterocycles. The average Bonchev–Trinajstić information content (AvgIpc) is 3.14. The van der Waals surface area contributed by atoms with E-state index in [0.29, 0.717) is 11.6 Å². The molecule has 3 heteroatoms. The molecule has 0 bridgehead atoms. The van der Waals surface area contributed by atoms with Crippen LogP contribution in [0.5, 0.6) is 0 Å². The van der Waals surface area contributed by atoms with E-state index in [-0.39, 0.29) is 0 Å². The van der Waals surface area contributed by atoms with Crippen molar-refractivity contribution in [1.29, 1.82) is 5.26 Å². The van der Waals surface area contributed by atoms with Gasteiger partial charge in [-0.15, -0.1) is 0 Å². The summed E-state index contributed by atoms with van der Waals surface area (Å²) >= 11 is 0. The molecule has 0 aliphatic heterocycles. The van der Waals surface area contributed by atoms with Crippen LogP contribution in [0.15, 0.2) is 18.2 Å². The van der Waals surface area contributed by atoms with Gasteiger partial charge in [-0.1, -0.05) is 6.07 Å². The summed E-state index contributed by atoms with van der Waals surface area (Å²) in [5.74, 6) is 0. The highest BCUT2D eigenvalue weighted by atomic mass is 16.3. The highest BCUT2D eigenvalue weighted by molar-refractivity contribution is 5.59. The Labute approximate surface area is 102 Å². The Morgan fingerprint density at radius 2 is 2.24 bits per heavy atom. The summed E-state index contributed by atoms with van der Waals surface area (Å²) in [6, 6.07) is 8.28. The van der Waals surface area contributed by atoms with Gasteiger partial charge in [0.2, 0.25) is 0 Å². The first-order chi connectivity index (χ1) is 8.17. The highest BCUT2D eigenvalue weighted by Gasteiger charge is 2.30. The second-order valence-electron chi connectivity index (χ2n) is 4.58. The molecule has 90 valence electrons. The van der Waals surface area contributed by atoms with Gasteiger partial charge in [-0.25, -0.2) is 0 Å². The molecule has 1 saturated carbocycles. The molecule has 1 aromatic rings. The average molecular weight is 230 g/mol. The van der Waals surface area contributed by atoms with Crippen LogP contribution in [0.2, 0.25) is 0 Å². The quantitative estimate of drug-likeness (QED) is 0.864. The van der Waals surface area contributed by atoms with Crippen LogP contribution in [0.3, 0.4) is 0 Å². The van der Waals surface area contributed by atoms with Gasteiger partial charge in [0, 0.05) is 23.8 Å². The van der Waals surface area contributed by atoms with Crippen molar-refractivity contribution in [2.75, 3.05) is 11.4 Å². The zero-order valence-corrected chi connectivity index (χ0v) is 10.3. The minimum absolute atomic E-state index is 0.495. The van der Waals surface area contributed by atoms with Gasteiger partial charge in [0.15, 0.2) is 0 Å². The van der Waals surface area contributed by atoms with Gasteiger partial charge in [-0.2, -0.15) is 5.26 Å². The van der Waals surface area contributed by atoms with Gasteiger partial charge in [-0.3, -0.25) is 0 Å². The van der Waals surface area contributed by atoms with Gasteiger partial charge >= 0.3 is 0 Å². The lowest BCUT2D eigenvalue weighted by molar-refractivity contribution is 0.199. The van der Waals surface area contributed by atoms with E-state index in [4.69, 9.17) is 5.26 Å². The molecule has 0 amide bonds. The molecule has 17 heavy (non-hydrogen) atoms. The summed E-state index contributed by atoms with van der Waals surface area (Å²) in [5, 5.41) is 18.8. The van der Waals surface area contributed by atoms with Gasteiger partial charge in [0.25, 0.3) is 0 Å². The Bertz CT molecular complexity index is 444. The van der Waals surface area contributed by atoms with Gasteiger partial charge in [0.05, 0.1) is 17.7 Å². The fourth-order valence-corrected chi connectivity index (χ4v) is 2.23. The first-order valence-corrected chi connectivity index (χ1v) is 6.16. The molecular formula is C14H18N2O. The van der Waals surface area contributed by atoms with Crippen LogP contribution in [-0.4, -0.2) is 17.7 Å². The van der Waals surface area contributed by atoms with Crippen molar-refractivity contribution >= 4 is 5.69 Å². The third-order valence-corrected chi connectivity index (χ3v) is 3.25. The molecule has 0 spiro atoms. The van der Waals surface area contributed by atoms with Crippen LogP contribution in [0.25, 0.3) is 0 Å². The largest absolute Gasteiger partial charge is 0.389 e. The van der Waals surface area contributed by atoms with Gasteiger partial charge < -0.3 is 10.0 Å². The molecule has 0 aromatic heterocycles. The Kier molecular flexibility index (Phi) is 3.35. The number of anilines is 1. The van der Waals surface area contributed by atoms with Crippen LogP contribution >= 0.6 is 0 Å². The monoisotopic (exact) mass is 230 g/mol. The molecule has 1 fully saturated rings. The lowest BCUT2D eigenvalue weighted by Gasteiger charge is -2.26. The van der Waals surface area contributed by atoms with E-state index in [0.717, 1.165) is 17.8 Å². The number of aliphatic hydroxyl groups excluding tert-OH is 1. The molecule has 0 heterocycles. The highest BCUT2D eigenvalue weighted by Crippen LogP contribution is 2.35. The number of rotatable bonds is 4. The zero-order valence-electron chi connectivity index (χ0n) is 10.3. The summed E-state index contributed by atoms with van der Waals surface area (Å²) in [6.45, 7) is 4.80. The molecule has 0 radical (unpaired) electrons. The van der Waals surface area contributed by atoms with E-state index in [1.807, 2.05) is 12.1 Å². The third kappa shape index (κ3) is 2.42. The zero-order chi connectivity index (χ0) is 12.4. The maximum atomic E-state index is 9.81. The van der Waals surface area contributed by atoms with Crippen LogP contribution < -0.4 is 4.90 Å². The first kappa shape index (κ1) is 11.9. The number of aliphatic hydroxyl groups is 1. The minimum atomic E-state index is -0.495. The SMILES string of the molecule is CCN(c1cc(C#N)ccc1[C@@H](C)O)C1CC1. The molecular weight excluding hydrogens is 212 g/mol. The fraction of sp³-hybridized carbons (Fsp3) is 0.500. The van der Waals surface area contributed by atoms with Crippen molar-refractivity contribution < 1.29 is 5.11 Å². The standard InChI is InChI=1S/C14H18N2O/c1-3-16(12-5-6-12)14-8-11(9-15)4-7-13(14)10(2)17/h4,7-8,10,12,17H,3,5-6H2,1-2H3/t10-/m1/s1. The van der Waals surface area contributed by atoms with Crippen molar-refractivity contribution in [3.8, 4) is 6.07 Å². The minimum Gasteiger partial charge on any atom is -0.389 e. The van der Waals surface area contributed by atoms with Crippen LogP contribution in [0.4, 0.5) is 5.69 Å². The van der Waals surface area contributed by atoms with E-state index < -0.39 is 6.10 Å². The van der Waals surface area contributed by atoms with E-state index >= 15 is 0 Å². The predicted octanol–water partition coefficient (Wildman–Crippen LogP) is 2.60. The van der Waals surface area contributed by atoms with E-state index in [2.05, 4.69) is 17.9 Å². The molecule has 0 unspecified atom stereocenters. The maximum absolute atomic E-state index is 9.81. The number of nitrogens with zero attached hydrogens (tertiary/aromatic N) is 2. The summed E-state index contributed by atoms with van der Waals surface area (Å²) < 4.78 is 0. The third-order valence-electron chi connectivity index (χ3n) is 3.25. The summed E-state index contributed by atoms with van der Waals surface area (Å²) in [6.07, 6.45) is 1.93. The van der Waals surface area contributed by atoms with Crippen molar-refractivity contribution in [2.24, 2.45) is 0 Å². The van der Waals surface area contributed by atoms with Crippen LogP contribution in [0, 0.1) is 11.3 Å². The number of hydrogen-bond acceptors (Lipinski definition) is 3. The number of benzene rings is 1. The second-order valence-corrected chi connectivity index (χ2v) is 4.58. The molecule has 1 atom stereocenters. The molecule has 3 nitrogen and oxygen atoms in total. The first-order valence-electron chi connectivity index (χ1n) is 6.16. The topological polar surface area (TPSA) is 47.3 Å². The Morgan fingerprint density at radius 1 is 1.53 bits per heavy atom. The predicted molar refractivity (Wildman–Crippen MR) is 67.8 cm³/mol.